The van der Waals surface area contributed by atoms with Crippen LogP contribution in [0.15, 0.2) is 30.5 Å². The SMILES string of the molecule is O=C(O)CCN1CCC(c2c[nH]c3ccccc23)CC1. The van der Waals surface area contributed by atoms with E-state index in [9.17, 15) is 4.79 Å². The van der Waals surface area contributed by atoms with Crippen LogP contribution in [0.5, 0.6) is 0 Å². The van der Waals surface area contributed by atoms with Crippen molar-refractivity contribution in [2.45, 2.75) is 25.2 Å². The van der Waals surface area contributed by atoms with E-state index in [2.05, 4.69) is 40.3 Å². The summed E-state index contributed by atoms with van der Waals surface area (Å²) in [6.07, 6.45) is 4.61. The van der Waals surface area contributed by atoms with Crippen LogP contribution in [0.25, 0.3) is 10.9 Å². The summed E-state index contributed by atoms with van der Waals surface area (Å²) in [5, 5.41) is 10.1. The highest BCUT2D eigenvalue weighted by Gasteiger charge is 2.22. The Morgan fingerprint density at radius 1 is 1.30 bits per heavy atom. The second kappa shape index (κ2) is 5.67. The number of carboxylic acids is 1. The molecule has 0 unspecified atom stereocenters. The summed E-state index contributed by atoms with van der Waals surface area (Å²) in [4.78, 5) is 16.2. The van der Waals surface area contributed by atoms with Crippen LogP contribution >= 0.6 is 0 Å². The molecule has 1 aromatic carbocycles. The number of aliphatic carboxylic acids is 1. The molecule has 0 atom stereocenters. The van der Waals surface area contributed by atoms with Gasteiger partial charge in [0.25, 0.3) is 0 Å². The smallest absolute Gasteiger partial charge is 0.304 e. The monoisotopic (exact) mass is 272 g/mol. The van der Waals surface area contributed by atoms with Crippen LogP contribution in [0.1, 0.15) is 30.7 Å². The topological polar surface area (TPSA) is 56.3 Å². The summed E-state index contributed by atoms with van der Waals surface area (Å²) in [6, 6.07) is 8.43. The molecule has 0 aliphatic carbocycles. The van der Waals surface area contributed by atoms with Gasteiger partial charge in [0.15, 0.2) is 0 Å². The molecular formula is C16H20N2O2. The van der Waals surface area contributed by atoms with Crippen molar-refractivity contribution < 1.29 is 9.90 Å². The first-order valence-corrected chi connectivity index (χ1v) is 7.24. The normalized spacial score (nSPS) is 17.6. The van der Waals surface area contributed by atoms with E-state index in [-0.39, 0.29) is 6.42 Å². The lowest BCUT2D eigenvalue weighted by molar-refractivity contribution is -0.137. The molecule has 2 aromatic rings. The molecule has 2 N–H and O–H groups in total. The molecule has 20 heavy (non-hydrogen) atoms. The molecule has 1 aliphatic rings. The van der Waals surface area contributed by atoms with Gasteiger partial charge in [0.2, 0.25) is 0 Å². The molecule has 0 radical (unpaired) electrons. The van der Waals surface area contributed by atoms with Gasteiger partial charge in [0.05, 0.1) is 6.42 Å². The van der Waals surface area contributed by atoms with Gasteiger partial charge in [-0.25, -0.2) is 0 Å². The lowest BCUT2D eigenvalue weighted by Crippen LogP contribution is -2.34. The molecule has 1 saturated heterocycles. The third-order valence-electron chi connectivity index (χ3n) is 4.29. The number of hydrogen-bond acceptors (Lipinski definition) is 2. The number of fused-ring (bicyclic) bond motifs is 1. The van der Waals surface area contributed by atoms with Crippen LogP contribution in [0.4, 0.5) is 0 Å². The zero-order valence-electron chi connectivity index (χ0n) is 11.5. The average molecular weight is 272 g/mol. The largest absolute Gasteiger partial charge is 0.481 e. The highest BCUT2D eigenvalue weighted by atomic mass is 16.4. The van der Waals surface area contributed by atoms with E-state index in [1.54, 1.807) is 0 Å². The molecule has 2 heterocycles. The predicted octanol–water partition coefficient (Wildman–Crippen LogP) is 2.82. The molecule has 1 fully saturated rings. The van der Waals surface area contributed by atoms with Gasteiger partial charge in [0.1, 0.15) is 0 Å². The van der Waals surface area contributed by atoms with Crippen LogP contribution in [0.2, 0.25) is 0 Å². The average Bonchev–Trinajstić information content (AvgIpc) is 2.89. The molecule has 0 bridgehead atoms. The maximum atomic E-state index is 10.6. The fourth-order valence-corrected chi connectivity index (χ4v) is 3.15. The summed E-state index contributed by atoms with van der Waals surface area (Å²) in [5.74, 6) is -0.115. The van der Waals surface area contributed by atoms with E-state index in [0.717, 1.165) is 25.9 Å². The fourth-order valence-electron chi connectivity index (χ4n) is 3.15. The Hall–Kier alpha value is -1.81. The Morgan fingerprint density at radius 3 is 2.80 bits per heavy atom. The standard InChI is InChI=1S/C16H20N2O2/c19-16(20)7-10-18-8-5-12(6-9-18)14-11-17-15-4-2-1-3-13(14)15/h1-4,11-12,17H,5-10H2,(H,19,20). The molecule has 3 rings (SSSR count). The molecule has 4 heteroatoms. The number of carboxylic acid groups (broad SMARTS) is 1. The van der Waals surface area contributed by atoms with E-state index in [4.69, 9.17) is 5.11 Å². The second-order valence-electron chi connectivity index (χ2n) is 5.55. The van der Waals surface area contributed by atoms with E-state index in [1.165, 1.54) is 16.5 Å². The van der Waals surface area contributed by atoms with Gasteiger partial charge in [-0.2, -0.15) is 0 Å². The first kappa shape index (κ1) is 13.2. The summed E-state index contributed by atoms with van der Waals surface area (Å²) in [6.45, 7) is 2.67. The van der Waals surface area contributed by atoms with Crippen molar-refractivity contribution in [2.75, 3.05) is 19.6 Å². The van der Waals surface area contributed by atoms with E-state index in [1.807, 2.05) is 0 Å². The summed E-state index contributed by atoms with van der Waals surface area (Å²) in [7, 11) is 0. The maximum absolute atomic E-state index is 10.6. The van der Waals surface area contributed by atoms with Crippen molar-refractivity contribution >= 4 is 16.9 Å². The van der Waals surface area contributed by atoms with Crippen LogP contribution in [0.3, 0.4) is 0 Å². The Bertz CT molecular complexity index is 597. The summed E-state index contributed by atoms with van der Waals surface area (Å²) in [5.41, 5.74) is 2.62. The third-order valence-corrected chi connectivity index (χ3v) is 4.29. The quantitative estimate of drug-likeness (QED) is 0.900. The molecule has 0 amide bonds. The fraction of sp³-hybridized carbons (Fsp3) is 0.438. The highest BCUT2D eigenvalue weighted by molar-refractivity contribution is 5.83. The summed E-state index contributed by atoms with van der Waals surface area (Å²) < 4.78 is 0. The van der Waals surface area contributed by atoms with Crippen LogP contribution in [-0.4, -0.2) is 40.6 Å². The number of para-hydroxylation sites is 1. The van der Waals surface area contributed by atoms with E-state index in [0.29, 0.717) is 12.5 Å². The highest BCUT2D eigenvalue weighted by Crippen LogP contribution is 2.32. The zero-order chi connectivity index (χ0) is 13.9. The second-order valence-corrected chi connectivity index (χ2v) is 5.55. The van der Waals surface area contributed by atoms with Gasteiger partial charge in [-0.3, -0.25) is 4.79 Å². The molecule has 0 saturated carbocycles. The molecule has 106 valence electrons. The number of piperidine rings is 1. The van der Waals surface area contributed by atoms with Gasteiger partial charge >= 0.3 is 5.97 Å². The number of hydrogen-bond donors (Lipinski definition) is 2. The minimum absolute atomic E-state index is 0.248. The van der Waals surface area contributed by atoms with E-state index >= 15 is 0 Å². The van der Waals surface area contributed by atoms with Gasteiger partial charge in [-0.15, -0.1) is 0 Å². The number of H-pyrrole nitrogens is 1. The van der Waals surface area contributed by atoms with Gasteiger partial charge < -0.3 is 15.0 Å². The number of rotatable bonds is 4. The van der Waals surface area contributed by atoms with Crippen molar-refractivity contribution in [1.82, 2.24) is 9.88 Å². The number of aromatic amines is 1. The lowest BCUT2D eigenvalue weighted by Gasteiger charge is -2.31. The number of nitrogens with one attached hydrogen (secondary N) is 1. The molecule has 1 aromatic heterocycles. The van der Waals surface area contributed by atoms with Crippen LogP contribution in [-0.2, 0) is 4.79 Å². The number of carbonyl (C=O) groups is 1. The number of likely N-dealkylation sites (tertiary alicyclic amines) is 1. The predicted molar refractivity (Wildman–Crippen MR) is 79.0 cm³/mol. The molecule has 1 aliphatic heterocycles. The van der Waals surface area contributed by atoms with Crippen molar-refractivity contribution in [2.24, 2.45) is 0 Å². The first-order chi connectivity index (χ1) is 9.74. The Kier molecular flexibility index (Phi) is 3.74. The summed E-state index contributed by atoms with van der Waals surface area (Å²) >= 11 is 0. The van der Waals surface area contributed by atoms with Gasteiger partial charge in [0, 0.05) is 23.6 Å². The van der Waals surface area contributed by atoms with Crippen LogP contribution < -0.4 is 0 Å². The van der Waals surface area contributed by atoms with Crippen molar-refractivity contribution in [3.05, 3.63) is 36.0 Å². The first-order valence-electron chi connectivity index (χ1n) is 7.24. The molecule has 4 nitrogen and oxygen atoms in total. The van der Waals surface area contributed by atoms with Crippen molar-refractivity contribution in [3.8, 4) is 0 Å². The maximum Gasteiger partial charge on any atom is 0.304 e. The van der Waals surface area contributed by atoms with Crippen molar-refractivity contribution in [3.63, 3.8) is 0 Å². The lowest BCUT2D eigenvalue weighted by atomic mass is 9.89. The van der Waals surface area contributed by atoms with Crippen molar-refractivity contribution in [1.29, 1.82) is 0 Å². The Balaban J connectivity index is 1.65. The minimum Gasteiger partial charge on any atom is -0.481 e. The number of nitrogens with zero attached hydrogens (tertiary/aromatic N) is 1. The van der Waals surface area contributed by atoms with Crippen LogP contribution in [0, 0.1) is 0 Å². The molecular weight excluding hydrogens is 252 g/mol. The van der Waals surface area contributed by atoms with E-state index < -0.39 is 5.97 Å². The Morgan fingerprint density at radius 2 is 2.05 bits per heavy atom. The zero-order valence-corrected chi connectivity index (χ0v) is 11.5. The molecule has 0 spiro atoms. The number of aromatic nitrogens is 1. The van der Waals surface area contributed by atoms with Gasteiger partial charge in [-0.1, -0.05) is 18.2 Å². The third kappa shape index (κ3) is 2.70. The number of benzene rings is 1. The van der Waals surface area contributed by atoms with Gasteiger partial charge in [-0.05, 0) is 43.5 Å². The Labute approximate surface area is 118 Å². The minimum atomic E-state index is -0.705.